The van der Waals surface area contributed by atoms with Crippen LogP contribution in [0.1, 0.15) is 27.0 Å². The molecule has 0 fully saturated rings. The molecule has 2 heterocycles. The highest BCUT2D eigenvalue weighted by molar-refractivity contribution is 6.15. The van der Waals surface area contributed by atoms with Gasteiger partial charge in [-0.1, -0.05) is 6.07 Å². The van der Waals surface area contributed by atoms with Crippen LogP contribution in [0.3, 0.4) is 0 Å². The molecule has 2 aromatic rings. The largest absolute Gasteiger partial charge is 0.493 e. The van der Waals surface area contributed by atoms with Crippen LogP contribution < -0.4 is 18.9 Å². The Morgan fingerprint density at radius 1 is 1.10 bits per heavy atom. The van der Waals surface area contributed by atoms with E-state index in [1.54, 1.807) is 39.5 Å². The molecule has 0 spiro atoms. The summed E-state index contributed by atoms with van der Waals surface area (Å²) < 4.78 is 27.7. The van der Waals surface area contributed by atoms with E-state index in [2.05, 4.69) is 4.90 Å². The first-order chi connectivity index (χ1) is 14.5. The molecule has 4 rings (SSSR count). The smallest absolute Gasteiger partial charge is 0.231 e. The summed E-state index contributed by atoms with van der Waals surface area (Å²) in [5.41, 5.74) is 3.18. The Labute approximate surface area is 175 Å². The highest BCUT2D eigenvalue weighted by Gasteiger charge is 2.33. The van der Waals surface area contributed by atoms with Gasteiger partial charge < -0.3 is 23.7 Å². The molecule has 0 bridgehead atoms. The second kappa shape index (κ2) is 8.38. The minimum absolute atomic E-state index is 0.139. The number of benzene rings is 2. The van der Waals surface area contributed by atoms with Gasteiger partial charge in [-0.2, -0.15) is 0 Å². The van der Waals surface area contributed by atoms with Crippen LogP contribution >= 0.6 is 0 Å². The zero-order valence-corrected chi connectivity index (χ0v) is 17.6. The number of nitrogens with zero attached hydrogens (tertiary/aromatic N) is 1. The summed E-state index contributed by atoms with van der Waals surface area (Å²) in [7, 11) is 4.84. The lowest BCUT2D eigenvalue weighted by atomic mass is 10.00. The number of carbonyl (C=O) groups is 1. The average Bonchev–Trinajstić information content (AvgIpc) is 3.07. The van der Waals surface area contributed by atoms with Gasteiger partial charge in [0.05, 0.1) is 26.4 Å². The minimum atomic E-state index is -0.139. The predicted molar refractivity (Wildman–Crippen MR) is 111 cm³/mol. The van der Waals surface area contributed by atoms with E-state index in [0.29, 0.717) is 42.7 Å². The molecule has 0 aromatic heterocycles. The van der Waals surface area contributed by atoms with Crippen molar-refractivity contribution in [1.29, 1.82) is 0 Å². The summed E-state index contributed by atoms with van der Waals surface area (Å²) in [6, 6.07) is 7.33. The third-order valence-corrected chi connectivity index (χ3v) is 5.32. The van der Waals surface area contributed by atoms with Crippen LogP contribution in [-0.2, 0) is 11.3 Å². The van der Waals surface area contributed by atoms with Crippen molar-refractivity contribution in [1.82, 2.24) is 4.90 Å². The SMILES string of the molecule is COCCN1COc2c(cc3c(c2C)O/C(=C/c2ccc(OC)c(OC)c2)C3=O)C1. The number of ketones is 1. The Balaban J connectivity index is 1.64. The van der Waals surface area contributed by atoms with Crippen molar-refractivity contribution in [3.05, 3.63) is 52.3 Å². The number of methoxy groups -OCH3 is 3. The Morgan fingerprint density at radius 3 is 2.63 bits per heavy atom. The van der Waals surface area contributed by atoms with Crippen LogP contribution in [0.15, 0.2) is 30.0 Å². The van der Waals surface area contributed by atoms with E-state index in [4.69, 9.17) is 23.7 Å². The van der Waals surface area contributed by atoms with E-state index >= 15 is 0 Å². The van der Waals surface area contributed by atoms with Crippen molar-refractivity contribution >= 4 is 11.9 Å². The zero-order valence-electron chi connectivity index (χ0n) is 17.6. The Kier molecular flexibility index (Phi) is 5.65. The topological polar surface area (TPSA) is 66.5 Å². The standard InChI is InChI=1S/C23H25NO6/c1-14-22-16(12-24(13-29-22)7-8-26-2)11-17-21(25)20(30-23(14)17)10-15-5-6-18(27-3)19(9-15)28-4/h5-6,9-11H,7-8,12-13H2,1-4H3/b20-10+. The molecule has 7 heteroatoms. The fraction of sp³-hybridized carbons (Fsp3) is 0.348. The second-order valence-corrected chi connectivity index (χ2v) is 7.24. The Morgan fingerprint density at radius 2 is 1.90 bits per heavy atom. The summed E-state index contributed by atoms with van der Waals surface area (Å²) >= 11 is 0. The van der Waals surface area contributed by atoms with Gasteiger partial charge in [0.15, 0.2) is 17.3 Å². The number of fused-ring (bicyclic) bond motifs is 2. The first kappa shape index (κ1) is 20.3. The fourth-order valence-corrected chi connectivity index (χ4v) is 3.75. The lowest BCUT2D eigenvalue weighted by Gasteiger charge is -2.30. The van der Waals surface area contributed by atoms with Gasteiger partial charge in [0.2, 0.25) is 5.78 Å². The lowest BCUT2D eigenvalue weighted by Crippen LogP contribution is -2.34. The second-order valence-electron chi connectivity index (χ2n) is 7.24. The molecule has 2 aromatic carbocycles. The molecule has 2 aliphatic heterocycles. The van der Waals surface area contributed by atoms with Gasteiger partial charge in [-0.15, -0.1) is 0 Å². The summed E-state index contributed by atoms with van der Waals surface area (Å²) in [5.74, 6) is 2.71. The van der Waals surface area contributed by atoms with Crippen LogP contribution in [0.5, 0.6) is 23.0 Å². The number of carbonyl (C=O) groups excluding carboxylic acids is 1. The van der Waals surface area contributed by atoms with Crippen molar-refractivity contribution in [2.45, 2.75) is 13.5 Å². The van der Waals surface area contributed by atoms with Crippen LogP contribution in [0, 0.1) is 6.92 Å². The maximum Gasteiger partial charge on any atom is 0.231 e. The Bertz CT molecular complexity index is 1010. The molecule has 158 valence electrons. The maximum absolute atomic E-state index is 13.0. The van der Waals surface area contributed by atoms with E-state index in [1.807, 2.05) is 19.1 Å². The monoisotopic (exact) mass is 411 g/mol. The summed E-state index contributed by atoms with van der Waals surface area (Å²) in [6.45, 7) is 4.51. The van der Waals surface area contributed by atoms with Crippen LogP contribution in [-0.4, -0.2) is 51.9 Å². The lowest BCUT2D eigenvalue weighted by molar-refractivity contribution is 0.0649. The van der Waals surface area contributed by atoms with Gasteiger partial charge >= 0.3 is 0 Å². The van der Waals surface area contributed by atoms with Gasteiger partial charge in [0.25, 0.3) is 0 Å². The molecule has 30 heavy (non-hydrogen) atoms. The van der Waals surface area contributed by atoms with E-state index < -0.39 is 0 Å². The molecule has 0 atom stereocenters. The number of rotatable bonds is 6. The average molecular weight is 411 g/mol. The van der Waals surface area contributed by atoms with Gasteiger partial charge in [-0.25, -0.2) is 0 Å². The van der Waals surface area contributed by atoms with Gasteiger partial charge in [0.1, 0.15) is 18.2 Å². The first-order valence-electron chi connectivity index (χ1n) is 9.72. The fourth-order valence-electron chi connectivity index (χ4n) is 3.75. The van der Waals surface area contributed by atoms with Crippen LogP contribution in [0.4, 0.5) is 0 Å². The molecule has 2 aliphatic rings. The normalized spacial score (nSPS) is 16.7. The third-order valence-electron chi connectivity index (χ3n) is 5.32. The minimum Gasteiger partial charge on any atom is -0.493 e. The van der Waals surface area contributed by atoms with Crippen LogP contribution in [0.2, 0.25) is 0 Å². The summed E-state index contributed by atoms with van der Waals surface area (Å²) in [5, 5.41) is 0. The van der Waals surface area contributed by atoms with Crippen molar-refractivity contribution in [3.63, 3.8) is 0 Å². The number of hydrogen-bond acceptors (Lipinski definition) is 7. The van der Waals surface area contributed by atoms with Crippen molar-refractivity contribution in [3.8, 4) is 23.0 Å². The first-order valence-corrected chi connectivity index (χ1v) is 9.72. The zero-order chi connectivity index (χ0) is 21.3. The Hall–Kier alpha value is -3.03. The predicted octanol–water partition coefficient (Wildman–Crippen LogP) is 3.43. The number of hydrogen-bond donors (Lipinski definition) is 0. The van der Waals surface area contributed by atoms with E-state index in [9.17, 15) is 4.79 Å². The summed E-state index contributed by atoms with van der Waals surface area (Å²) in [6.07, 6.45) is 1.72. The molecule has 7 nitrogen and oxygen atoms in total. The quantitative estimate of drug-likeness (QED) is 0.675. The van der Waals surface area contributed by atoms with Gasteiger partial charge in [0, 0.05) is 31.3 Å². The maximum atomic E-state index is 13.0. The number of allylic oxidation sites excluding steroid dienone is 1. The van der Waals surface area contributed by atoms with Crippen molar-refractivity contribution in [2.75, 3.05) is 41.2 Å². The molecule has 0 aliphatic carbocycles. The molecule has 0 radical (unpaired) electrons. The van der Waals surface area contributed by atoms with Crippen LogP contribution in [0.25, 0.3) is 6.08 Å². The molecule has 0 unspecified atom stereocenters. The van der Waals surface area contributed by atoms with Gasteiger partial charge in [-0.05, 0) is 36.8 Å². The highest BCUT2D eigenvalue weighted by atomic mass is 16.5. The highest BCUT2D eigenvalue weighted by Crippen LogP contribution is 2.43. The number of ether oxygens (including phenoxy) is 5. The van der Waals surface area contributed by atoms with E-state index in [1.165, 1.54) is 0 Å². The molecular formula is C23H25NO6. The molecule has 0 N–H and O–H groups in total. The molecule has 0 saturated heterocycles. The molecular weight excluding hydrogens is 386 g/mol. The van der Waals surface area contributed by atoms with Gasteiger partial charge in [-0.3, -0.25) is 9.69 Å². The number of Topliss-reactive ketones (excluding diaryl/α,β-unsaturated/α-hetero) is 1. The third kappa shape index (κ3) is 3.62. The van der Waals surface area contributed by atoms with Crippen molar-refractivity contribution in [2.24, 2.45) is 0 Å². The van der Waals surface area contributed by atoms with E-state index in [-0.39, 0.29) is 11.5 Å². The van der Waals surface area contributed by atoms with E-state index in [0.717, 1.165) is 29.0 Å². The van der Waals surface area contributed by atoms with Crippen molar-refractivity contribution < 1.29 is 28.5 Å². The molecule has 0 amide bonds. The summed E-state index contributed by atoms with van der Waals surface area (Å²) in [4.78, 5) is 15.2. The molecule has 0 saturated carbocycles.